The van der Waals surface area contributed by atoms with E-state index >= 15 is 0 Å². The van der Waals surface area contributed by atoms with Gasteiger partial charge < -0.3 is 24.7 Å². The van der Waals surface area contributed by atoms with Gasteiger partial charge in [0.25, 0.3) is 0 Å². The van der Waals surface area contributed by atoms with Crippen LogP contribution in [0.4, 0.5) is 5.69 Å². The van der Waals surface area contributed by atoms with Gasteiger partial charge in [0.15, 0.2) is 5.11 Å². The van der Waals surface area contributed by atoms with E-state index in [1.165, 1.54) is 7.11 Å². The number of carbonyl (C=O) groups excluding carboxylic acids is 2. The molecule has 9 heteroatoms. The molecule has 1 fully saturated rings. The van der Waals surface area contributed by atoms with Gasteiger partial charge in [-0.15, -0.1) is 0 Å². The van der Waals surface area contributed by atoms with Crippen LogP contribution < -0.4 is 10.6 Å². The van der Waals surface area contributed by atoms with E-state index in [-0.39, 0.29) is 24.4 Å². The second-order valence-corrected chi connectivity index (χ2v) is 9.61. The number of thiocarbonyl (C=S) groups is 1. The number of pyridine rings is 1. The molecule has 0 aliphatic carbocycles. The van der Waals surface area contributed by atoms with Crippen molar-refractivity contribution in [1.29, 1.82) is 0 Å². The number of carbonyl (C=O) groups is 2. The average molecular weight is 541 g/mol. The Morgan fingerprint density at radius 2 is 1.82 bits per heavy atom. The number of aryl methyl sites for hydroxylation is 1. The summed E-state index contributed by atoms with van der Waals surface area (Å²) in [5, 5.41) is 6.82. The molecule has 0 unspecified atom stereocenters. The minimum atomic E-state index is -0.445. The first-order valence-corrected chi connectivity index (χ1v) is 13.0. The number of methoxy groups -OCH3 is 1. The molecule has 2 atom stereocenters. The van der Waals surface area contributed by atoms with E-state index in [9.17, 15) is 9.59 Å². The Bertz CT molecular complexity index is 1490. The van der Waals surface area contributed by atoms with Crippen LogP contribution >= 0.6 is 12.2 Å². The van der Waals surface area contributed by atoms with Crippen molar-refractivity contribution in [2.45, 2.75) is 25.4 Å². The summed E-state index contributed by atoms with van der Waals surface area (Å²) < 4.78 is 11.3. The fourth-order valence-electron chi connectivity index (χ4n) is 4.68. The number of benzene rings is 2. The number of nitrogens with one attached hydrogen (secondary N) is 2. The van der Waals surface area contributed by atoms with Crippen molar-refractivity contribution in [2.75, 3.05) is 19.0 Å². The van der Waals surface area contributed by atoms with Crippen LogP contribution in [0.5, 0.6) is 0 Å². The molecule has 2 aromatic heterocycles. The minimum absolute atomic E-state index is 0.117. The number of rotatable bonds is 8. The minimum Gasteiger partial charge on any atom is -0.465 e. The van der Waals surface area contributed by atoms with Crippen LogP contribution in [0.25, 0.3) is 11.3 Å². The van der Waals surface area contributed by atoms with Crippen molar-refractivity contribution in [3.8, 4) is 11.3 Å². The molecule has 1 amide bonds. The molecule has 2 aromatic carbocycles. The van der Waals surface area contributed by atoms with Crippen molar-refractivity contribution in [3.05, 3.63) is 108 Å². The molecule has 3 heterocycles. The van der Waals surface area contributed by atoms with E-state index < -0.39 is 5.97 Å². The first-order chi connectivity index (χ1) is 18.9. The zero-order chi connectivity index (χ0) is 27.4. The fourth-order valence-corrected chi connectivity index (χ4v) is 5.01. The summed E-state index contributed by atoms with van der Waals surface area (Å²) >= 11 is 5.71. The number of hydrogen-bond donors (Lipinski definition) is 2. The number of nitrogens with zero attached hydrogens (tertiary/aromatic N) is 2. The van der Waals surface area contributed by atoms with Crippen LogP contribution in [0.15, 0.2) is 89.5 Å². The Hall–Kier alpha value is -4.50. The van der Waals surface area contributed by atoms with Crippen molar-refractivity contribution in [2.24, 2.45) is 0 Å². The van der Waals surface area contributed by atoms with Crippen molar-refractivity contribution >= 4 is 34.9 Å². The second kappa shape index (κ2) is 11.5. The lowest BCUT2D eigenvalue weighted by atomic mass is 10.0. The van der Waals surface area contributed by atoms with E-state index in [1.54, 1.807) is 18.3 Å². The zero-order valence-electron chi connectivity index (χ0n) is 21.6. The van der Waals surface area contributed by atoms with E-state index in [1.807, 2.05) is 78.6 Å². The molecule has 0 saturated carbocycles. The summed E-state index contributed by atoms with van der Waals surface area (Å²) in [6.45, 7) is 2.37. The first kappa shape index (κ1) is 26.1. The van der Waals surface area contributed by atoms with Crippen LogP contribution in [0, 0.1) is 6.92 Å². The smallest absolute Gasteiger partial charge is 0.338 e. The lowest BCUT2D eigenvalue weighted by Gasteiger charge is -2.25. The van der Waals surface area contributed by atoms with E-state index in [0.717, 1.165) is 16.9 Å². The molecular formula is C30H28N4O4S. The molecule has 8 nitrogen and oxygen atoms in total. The predicted octanol–water partition coefficient (Wildman–Crippen LogP) is 5.44. The monoisotopic (exact) mass is 540 g/mol. The van der Waals surface area contributed by atoms with Gasteiger partial charge in [-0.1, -0.05) is 42.0 Å². The van der Waals surface area contributed by atoms with Gasteiger partial charge in [0.1, 0.15) is 17.6 Å². The highest BCUT2D eigenvalue weighted by atomic mass is 32.1. The molecule has 0 bridgehead atoms. The molecule has 1 aliphatic rings. The third-order valence-corrected chi connectivity index (χ3v) is 6.98. The zero-order valence-corrected chi connectivity index (χ0v) is 22.4. The maximum atomic E-state index is 12.8. The Morgan fingerprint density at radius 1 is 1.05 bits per heavy atom. The van der Waals surface area contributed by atoms with Gasteiger partial charge in [-0.25, -0.2) is 4.79 Å². The third kappa shape index (κ3) is 5.68. The van der Waals surface area contributed by atoms with E-state index in [4.69, 9.17) is 21.4 Å². The number of amides is 1. The van der Waals surface area contributed by atoms with Gasteiger partial charge >= 0.3 is 5.97 Å². The summed E-state index contributed by atoms with van der Waals surface area (Å²) in [4.78, 5) is 31.6. The number of aromatic nitrogens is 1. The Labute approximate surface area is 232 Å². The number of ether oxygens (including phenoxy) is 1. The molecule has 39 heavy (non-hydrogen) atoms. The van der Waals surface area contributed by atoms with Crippen LogP contribution in [0.2, 0.25) is 0 Å². The van der Waals surface area contributed by atoms with Crippen LogP contribution in [-0.4, -0.2) is 40.5 Å². The second-order valence-electron chi connectivity index (χ2n) is 9.22. The number of anilines is 1. The Balaban J connectivity index is 1.42. The van der Waals surface area contributed by atoms with Gasteiger partial charge in [0.2, 0.25) is 5.91 Å². The first-order valence-electron chi connectivity index (χ1n) is 12.6. The number of esters is 1. The largest absolute Gasteiger partial charge is 0.465 e. The molecule has 5 rings (SSSR count). The maximum absolute atomic E-state index is 12.8. The highest BCUT2D eigenvalue weighted by Crippen LogP contribution is 2.41. The van der Waals surface area contributed by atoms with Gasteiger partial charge in [0.05, 0.1) is 24.4 Å². The summed E-state index contributed by atoms with van der Waals surface area (Å²) in [5.74, 6) is 0.598. The van der Waals surface area contributed by atoms with Gasteiger partial charge in [-0.05, 0) is 61.6 Å². The Kier molecular flexibility index (Phi) is 7.69. The molecule has 1 aliphatic heterocycles. The van der Waals surface area contributed by atoms with Crippen molar-refractivity contribution in [3.63, 3.8) is 0 Å². The molecule has 4 aromatic rings. The summed E-state index contributed by atoms with van der Waals surface area (Å²) in [6.07, 6.45) is 1.95. The standard InChI is InChI=1S/C30H28N4O4S/c1-19-10-12-20(13-11-19)32-26(35)16-18-34-28(27(33-30(34)39)23-9-5-6-17-31-23)25-15-14-24(38-25)21-7-3-4-8-22(21)29(36)37-2/h3-15,17,27-28H,16,18H2,1-2H3,(H,32,35)(H,33,39)/t27-,28-/m1/s1. The van der Waals surface area contributed by atoms with Crippen molar-refractivity contribution in [1.82, 2.24) is 15.2 Å². The van der Waals surface area contributed by atoms with Crippen LogP contribution in [-0.2, 0) is 9.53 Å². The lowest BCUT2D eigenvalue weighted by Crippen LogP contribution is -2.32. The van der Waals surface area contributed by atoms with E-state index in [0.29, 0.717) is 34.3 Å². The third-order valence-electron chi connectivity index (χ3n) is 6.63. The topological polar surface area (TPSA) is 96.7 Å². The average Bonchev–Trinajstić information content (AvgIpc) is 3.57. The van der Waals surface area contributed by atoms with Crippen molar-refractivity contribution < 1.29 is 18.7 Å². The summed E-state index contributed by atoms with van der Waals surface area (Å²) in [5.41, 5.74) is 3.70. The van der Waals surface area contributed by atoms with Gasteiger partial charge in [-0.2, -0.15) is 0 Å². The van der Waals surface area contributed by atoms with Gasteiger partial charge in [0, 0.05) is 30.4 Å². The molecular weight excluding hydrogens is 512 g/mol. The quantitative estimate of drug-likeness (QED) is 0.225. The molecule has 1 saturated heterocycles. The highest BCUT2D eigenvalue weighted by molar-refractivity contribution is 7.80. The summed E-state index contributed by atoms with van der Waals surface area (Å²) in [7, 11) is 1.35. The van der Waals surface area contributed by atoms with Gasteiger partial charge in [-0.3, -0.25) is 9.78 Å². The fraction of sp³-hybridized carbons (Fsp3) is 0.200. The van der Waals surface area contributed by atoms with E-state index in [2.05, 4.69) is 15.6 Å². The highest BCUT2D eigenvalue weighted by Gasteiger charge is 2.41. The lowest BCUT2D eigenvalue weighted by molar-refractivity contribution is -0.116. The maximum Gasteiger partial charge on any atom is 0.338 e. The molecule has 198 valence electrons. The predicted molar refractivity (Wildman–Crippen MR) is 152 cm³/mol. The molecule has 0 spiro atoms. The van der Waals surface area contributed by atoms with Crippen LogP contribution in [0.1, 0.15) is 45.9 Å². The molecule has 2 N–H and O–H groups in total. The summed E-state index contributed by atoms with van der Waals surface area (Å²) in [6, 6.07) is 23.5. The normalized spacial score (nSPS) is 16.6. The number of hydrogen-bond acceptors (Lipinski definition) is 6. The molecule has 0 radical (unpaired) electrons. The number of furan rings is 1. The SMILES string of the molecule is COC(=O)c1ccccc1-c1ccc([C@@H]2[C@@H](c3ccccn3)NC(=S)N2CCC(=O)Nc2ccc(C)cc2)o1. The van der Waals surface area contributed by atoms with Crippen LogP contribution in [0.3, 0.4) is 0 Å². The Morgan fingerprint density at radius 3 is 2.56 bits per heavy atom.